The number of nitrogens with one attached hydrogen (secondary N) is 1. The molecule has 0 spiro atoms. The Kier molecular flexibility index (Phi) is 4.20. The van der Waals surface area contributed by atoms with Crippen LogP contribution in [0, 0.1) is 13.8 Å². The van der Waals surface area contributed by atoms with E-state index in [-0.39, 0.29) is 5.97 Å². The van der Waals surface area contributed by atoms with Crippen LogP contribution in [0.15, 0.2) is 5.38 Å². The minimum Gasteiger partial charge on any atom is -0.465 e. The maximum atomic E-state index is 11.9. The number of aromatic nitrogens is 2. The number of esters is 1. The van der Waals surface area contributed by atoms with E-state index in [1.807, 2.05) is 13.8 Å². The molecule has 0 aromatic carbocycles. The third kappa shape index (κ3) is 2.63. The molecule has 0 bridgehead atoms. The van der Waals surface area contributed by atoms with Crippen molar-refractivity contribution in [2.75, 3.05) is 25.1 Å². The number of carbonyl (C=O) groups excluding carboxylic acids is 1. The van der Waals surface area contributed by atoms with Gasteiger partial charge >= 0.3 is 5.97 Å². The van der Waals surface area contributed by atoms with Crippen LogP contribution in [0.2, 0.25) is 0 Å². The fraction of sp³-hybridized carbons (Fsp3) is 0.500. The highest BCUT2D eigenvalue weighted by molar-refractivity contribution is 7.14. The van der Waals surface area contributed by atoms with Gasteiger partial charge in [-0.05, 0) is 38.7 Å². The van der Waals surface area contributed by atoms with Crippen LogP contribution in [0.4, 0.5) is 5.13 Å². The van der Waals surface area contributed by atoms with Gasteiger partial charge in [0.2, 0.25) is 0 Å². The van der Waals surface area contributed by atoms with E-state index in [1.165, 1.54) is 26.4 Å². The highest BCUT2D eigenvalue weighted by atomic mass is 32.1. The van der Waals surface area contributed by atoms with Crippen LogP contribution in [0.25, 0.3) is 11.4 Å². The van der Waals surface area contributed by atoms with Gasteiger partial charge in [-0.25, -0.2) is 9.78 Å². The van der Waals surface area contributed by atoms with Gasteiger partial charge in [-0.2, -0.15) is 0 Å². The summed E-state index contributed by atoms with van der Waals surface area (Å²) in [5, 5.41) is 3.13. The Bertz CT molecular complexity index is 684. The molecule has 0 amide bonds. The average molecular weight is 319 g/mol. The summed E-state index contributed by atoms with van der Waals surface area (Å²) < 4.78 is 4.86. The summed E-state index contributed by atoms with van der Waals surface area (Å²) in [7, 11) is 1.41. The molecule has 0 saturated carbocycles. The smallest absolute Gasteiger partial charge is 0.339 e. The third-order valence-electron chi connectivity index (χ3n) is 4.20. The molecule has 6 heteroatoms. The van der Waals surface area contributed by atoms with E-state index < -0.39 is 0 Å². The monoisotopic (exact) mass is 319 g/mol. The number of anilines is 1. The second-order valence-corrected chi connectivity index (χ2v) is 6.52. The summed E-state index contributed by atoms with van der Waals surface area (Å²) in [6.07, 6.45) is 3.79. The van der Waals surface area contributed by atoms with Crippen LogP contribution in [0.1, 0.15) is 40.9 Å². The largest absolute Gasteiger partial charge is 0.465 e. The van der Waals surface area contributed by atoms with Gasteiger partial charge in [0.25, 0.3) is 0 Å². The maximum absolute atomic E-state index is 11.9. The van der Waals surface area contributed by atoms with Crippen molar-refractivity contribution < 1.29 is 9.53 Å². The Labute approximate surface area is 134 Å². The molecule has 1 aliphatic heterocycles. The lowest BCUT2D eigenvalue weighted by atomic mass is 10.1. The number of thiazole rings is 1. The number of H-pyrrole nitrogens is 1. The maximum Gasteiger partial charge on any atom is 0.339 e. The second kappa shape index (κ2) is 6.12. The standard InChI is InChI=1S/C16H21N3O2S/c1-10-13(15(20)21-3)11(2)17-14(10)12-9-22-16(18-12)19-7-5-4-6-8-19/h9,17H,4-8H2,1-3H3. The second-order valence-electron chi connectivity index (χ2n) is 5.68. The van der Waals surface area contributed by atoms with Crippen LogP contribution in [0.5, 0.6) is 0 Å². The molecule has 3 heterocycles. The molecule has 3 rings (SSSR count). The molecule has 2 aromatic rings. The van der Waals surface area contributed by atoms with Crippen molar-refractivity contribution in [1.82, 2.24) is 9.97 Å². The number of piperidine rings is 1. The van der Waals surface area contributed by atoms with E-state index in [2.05, 4.69) is 15.3 Å². The molecule has 1 aliphatic rings. The number of aromatic amines is 1. The van der Waals surface area contributed by atoms with E-state index in [1.54, 1.807) is 11.3 Å². The molecular weight excluding hydrogens is 298 g/mol. The average Bonchev–Trinajstić information content (AvgIpc) is 3.12. The van der Waals surface area contributed by atoms with Gasteiger partial charge in [-0.1, -0.05) is 0 Å². The predicted molar refractivity (Wildman–Crippen MR) is 88.8 cm³/mol. The lowest BCUT2D eigenvalue weighted by Gasteiger charge is -2.25. The Morgan fingerprint density at radius 2 is 2.05 bits per heavy atom. The zero-order valence-corrected chi connectivity index (χ0v) is 14.0. The van der Waals surface area contributed by atoms with Gasteiger partial charge in [-0.15, -0.1) is 11.3 Å². The minimum atomic E-state index is -0.302. The molecule has 2 aromatic heterocycles. The molecule has 0 atom stereocenters. The lowest BCUT2D eigenvalue weighted by molar-refractivity contribution is 0.0599. The number of aryl methyl sites for hydroxylation is 1. The highest BCUT2D eigenvalue weighted by Gasteiger charge is 2.22. The SMILES string of the molecule is COC(=O)c1c(C)[nH]c(-c2csc(N3CCCCC3)n2)c1C. The first-order valence-corrected chi connectivity index (χ1v) is 8.48. The number of methoxy groups -OCH3 is 1. The zero-order chi connectivity index (χ0) is 15.7. The Hall–Kier alpha value is -1.82. The number of hydrogen-bond acceptors (Lipinski definition) is 5. The van der Waals surface area contributed by atoms with E-state index in [9.17, 15) is 4.79 Å². The molecule has 1 saturated heterocycles. The van der Waals surface area contributed by atoms with E-state index in [4.69, 9.17) is 9.72 Å². The van der Waals surface area contributed by atoms with E-state index >= 15 is 0 Å². The van der Waals surface area contributed by atoms with Crippen LogP contribution >= 0.6 is 11.3 Å². The quantitative estimate of drug-likeness (QED) is 0.879. The molecule has 5 nitrogen and oxygen atoms in total. The Morgan fingerprint density at radius 1 is 1.32 bits per heavy atom. The van der Waals surface area contributed by atoms with Crippen LogP contribution in [0.3, 0.4) is 0 Å². The van der Waals surface area contributed by atoms with Crippen molar-refractivity contribution in [3.63, 3.8) is 0 Å². The Morgan fingerprint density at radius 3 is 2.73 bits per heavy atom. The molecule has 22 heavy (non-hydrogen) atoms. The summed E-state index contributed by atoms with van der Waals surface area (Å²) >= 11 is 1.67. The number of hydrogen-bond donors (Lipinski definition) is 1. The van der Waals surface area contributed by atoms with Crippen LogP contribution in [-0.2, 0) is 4.74 Å². The highest BCUT2D eigenvalue weighted by Crippen LogP contribution is 2.32. The van der Waals surface area contributed by atoms with Gasteiger partial charge in [0.1, 0.15) is 5.69 Å². The molecular formula is C16H21N3O2S. The molecule has 0 aliphatic carbocycles. The van der Waals surface area contributed by atoms with E-state index in [0.717, 1.165) is 40.9 Å². The molecule has 1 fully saturated rings. The molecule has 0 unspecified atom stereocenters. The van der Waals surface area contributed by atoms with Crippen molar-refractivity contribution in [2.24, 2.45) is 0 Å². The van der Waals surface area contributed by atoms with Crippen LogP contribution in [-0.4, -0.2) is 36.1 Å². The fourth-order valence-electron chi connectivity index (χ4n) is 3.02. The third-order valence-corrected chi connectivity index (χ3v) is 5.10. The van der Waals surface area contributed by atoms with Gasteiger partial charge in [-0.3, -0.25) is 0 Å². The van der Waals surface area contributed by atoms with Crippen molar-refractivity contribution in [3.8, 4) is 11.4 Å². The molecule has 0 radical (unpaired) electrons. The topological polar surface area (TPSA) is 58.2 Å². The number of rotatable bonds is 3. The lowest BCUT2D eigenvalue weighted by Crippen LogP contribution is -2.29. The van der Waals surface area contributed by atoms with Crippen molar-refractivity contribution in [2.45, 2.75) is 33.1 Å². The number of nitrogens with zero attached hydrogens (tertiary/aromatic N) is 2. The normalized spacial score (nSPS) is 15.1. The number of carbonyl (C=O) groups is 1. The molecule has 1 N–H and O–H groups in total. The summed E-state index contributed by atoms with van der Waals surface area (Å²) in [6, 6.07) is 0. The fourth-order valence-corrected chi connectivity index (χ4v) is 3.89. The summed E-state index contributed by atoms with van der Waals surface area (Å²) in [6.45, 7) is 6.00. The van der Waals surface area contributed by atoms with Crippen molar-refractivity contribution in [1.29, 1.82) is 0 Å². The van der Waals surface area contributed by atoms with Gasteiger partial charge in [0.05, 0.1) is 18.4 Å². The summed E-state index contributed by atoms with van der Waals surface area (Å²) in [4.78, 5) is 22.3. The molecule has 118 valence electrons. The van der Waals surface area contributed by atoms with Crippen molar-refractivity contribution >= 4 is 22.4 Å². The zero-order valence-electron chi connectivity index (χ0n) is 13.2. The first kappa shape index (κ1) is 15.1. The van der Waals surface area contributed by atoms with Gasteiger partial charge in [0.15, 0.2) is 5.13 Å². The van der Waals surface area contributed by atoms with Crippen molar-refractivity contribution in [3.05, 3.63) is 22.2 Å². The van der Waals surface area contributed by atoms with E-state index in [0.29, 0.717) is 5.56 Å². The summed E-state index contributed by atoms with van der Waals surface area (Å²) in [5.41, 5.74) is 4.16. The van der Waals surface area contributed by atoms with Gasteiger partial charge in [0, 0.05) is 24.2 Å². The first-order valence-electron chi connectivity index (χ1n) is 7.60. The first-order chi connectivity index (χ1) is 10.6. The van der Waals surface area contributed by atoms with Gasteiger partial charge < -0.3 is 14.6 Å². The predicted octanol–water partition coefficient (Wildman–Crippen LogP) is 3.53. The number of ether oxygens (including phenoxy) is 1. The summed E-state index contributed by atoms with van der Waals surface area (Å²) in [5.74, 6) is -0.302. The minimum absolute atomic E-state index is 0.302. The Balaban J connectivity index is 1.92. The van der Waals surface area contributed by atoms with Crippen LogP contribution < -0.4 is 4.90 Å².